The van der Waals surface area contributed by atoms with E-state index in [1.54, 1.807) is 25.3 Å². The average molecular weight is 461 g/mol. The van der Waals surface area contributed by atoms with Crippen LogP contribution in [0.25, 0.3) is 11.1 Å². The number of hydrogen-bond acceptors (Lipinski definition) is 4. The highest BCUT2D eigenvalue weighted by Gasteiger charge is 2.25. The number of aryl methyl sites for hydroxylation is 1. The van der Waals surface area contributed by atoms with E-state index in [-0.39, 0.29) is 5.56 Å². The molecule has 0 bridgehead atoms. The number of nitrogens with zero attached hydrogens (tertiary/aromatic N) is 4. The van der Waals surface area contributed by atoms with E-state index in [2.05, 4.69) is 44.9 Å². The number of halogens is 1. The maximum absolute atomic E-state index is 15.9. The van der Waals surface area contributed by atoms with Crippen molar-refractivity contribution >= 4 is 22.8 Å². The van der Waals surface area contributed by atoms with Gasteiger partial charge in [-0.05, 0) is 38.7 Å². The number of likely N-dealkylation sites (tertiary alicyclic amines) is 1. The molecule has 3 rings (SSSR count). The van der Waals surface area contributed by atoms with Crippen LogP contribution in [0.15, 0.2) is 61.4 Å². The quantitative estimate of drug-likeness (QED) is 0.293. The summed E-state index contributed by atoms with van der Waals surface area (Å²) in [5.41, 5.74) is 3.31. The molecule has 0 aromatic carbocycles. The summed E-state index contributed by atoms with van der Waals surface area (Å²) in [4.78, 5) is 19.3. The van der Waals surface area contributed by atoms with E-state index < -0.39 is 5.82 Å². The number of piperidine rings is 1. The second kappa shape index (κ2) is 11.4. The summed E-state index contributed by atoms with van der Waals surface area (Å²) in [6.45, 7) is 17.3. The molecule has 6 nitrogen and oxygen atoms in total. The van der Waals surface area contributed by atoms with Gasteiger partial charge in [0.15, 0.2) is 5.84 Å². The van der Waals surface area contributed by atoms with Crippen molar-refractivity contribution in [2.24, 2.45) is 4.99 Å². The molecule has 0 saturated carbocycles. The first kappa shape index (κ1) is 24.9. The van der Waals surface area contributed by atoms with E-state index in [9.17, 15) is 0 Å². The van der Waals surface area contributed by atoms with Gasteiger partial charge in [-0.2, -0.15) is 0 Å². The highest BCUT2D eigenvalue weighted by atomic mass is 19.1. The zero-order valence-electron chi connectivity index (χ0n) is 20.3. The Bertz CT molecular complexity index is 1160. The molecule has 1 aliphatic heterocycles. The van der Waals surface area contributed by atoms with E-state index >= 15 is 4.39 Å². The molecule has 0 atom stereocenters. The average Bonchev–Trinajstić information content (AvgIpc) is 3.24. The Morgan fingerprint density at radius 1 is 1.26 bits per heavy atom. The minimum absolute atomic E-state index is 0.270. The summed E-state index contributed by atoms with van der Waals surface area (Å²) in [6.07, 6.45) is 13.5. The van der Waals surface area contributed by atoms with Crippen LogP contribution in [0.5, 0.6) is 0 Å². The Morgan fingerprint density at radius 2 is 2.00 bits per heavy atom. The summed E-state index contributed by atoms with van der Waals surface area (Å²) >= 11 is 0. The number of anilines is 1. The zero-order valence-corrected chi connectivity index (χ0v) is 20.3. The molecule has 1 saturated heterocycles. The number of nitrogens with one attached hydrogen (secondary N) is 2. The molecule has 178 valence electrons. The molecule has 1 aliphatic rings. The second-order valence-corrected chi connectivity index (χ2v) is 8.02. The molecule has 2 aromatic rings. The van der Waals surface area contributed by atoms with Crippen LogP contribution in [0, 0.1) is 12.7 Å². The van der Waals surface area contributed by atoms with Gasteiger partial charge < -0.3 is 15.2 Å². The fraction of sp³-hybridized carbons (Fsp3) is 0.296. The van der Waals surface area contributed by atoms with Crippen molar-refractivity contribution in [1.29, 1.82) is 0 Å². The van der Waals surface area contributed by atoms with Crippen molar-refractivity contribution in [3.8, 4) is 0 Å². The first-order chi connectivity index (χ1) is 16.5. The molecule has 34 heavy (non-hydrogen) atoms. The van der Waals surface area contributed by atoms with Crippen LogP contribution < -0.4 is 5.32 Å². The van der Waals surface area contributed by atoms with Crippen LogP contribution in [0.3, 0.4) is 0 Å². The summed E-state index contributed by atoms with van der Waals surface area (Å²) in [5, 5.41) is 2.98. The molecule has 0 spiro atoms. The maximum Gasteiger partial charge on any atom is 0.156 e. The van der Waals surface area contributed by atoms with Crippen molar-refractivity contribution < 1.29 is 4.39 Å². The third-order valence-electron chi connectivity index (χ3n) is 5.84. The molecule has 0 amide bonds. The lowest BCUT2D eigenvalue weighted by Crippen LogP contribution is -2.36. The van der Waals surface area contributed by atoms with E-state index in [1.165, 1.54) is 18.8 Å². The van der Waals surface area contributed by atoms with Crippen LogP contribution in [0.4, 0.5) is 10.2 Å². The van der Waals surface area contributed by atoms with Crippen molar-refractivity contribution in [2.45, 2.75) is 33.1 Å². The molecule has 2 aromatic heterocycles. The SMILES string of the molecule is C=C/C=C\C(=C/C)c1cnc(NC)c(C(=C)c2nc(C(=NC=C)N3CCCCC3)c(C)[nH]2)c1F. The lowest BCUT2D eigenvalue weighted by Gasteiger charge is -2.29. The fourth-order valence-electron chi connectivity index (χ4n) is 4.09. The van der Waals surface area contributed by atoms with E-state index in [0.29, 0.717) is 28.4 Å². The molecular formula is C27H33FN6. The van der Waals surface area contributed by atoms with Gasteiger partial charge in [-0.25, -0.2) is 19.4 Å². The lowest BCUT2D eigenvalue weighted by atomic mass is 9.99. The lowest BCUT2D eigenvalue weighted by molar-refractivity contribution is 0.342. The number of imidazole rings is 1. The van der Waals surface area contributed by atoms with Gasteiger partial charge in [0, 0.05) is 49.4 Å². The number of hydrogen-bond donors (Lipinski definition) is 2. The number of aromatic amines is 1. The maximum atomic E-state index is 15.9. The predicted molar refractivity (Wildman–Crippen MR) is 140 cm³/mol. The largest absolute Gasteiger partial charge is 0.373 e. The minimum atomic E-state index is -0.419. The van der Waals surface area contributed by atoms with Gasteiger partial charge in [0.05, 0.1) is 5.56 Å². The second-order valence-electron chi connectivity index (χ2n) is 8.02. The first-order valence-electron chi connectivity index (χ1n) is 11.5. The van der Waals surface area contributed by atoms with Gasteiger partial charge in [0.1, 0.15) is 23.2 Å². The number of aromatic nitrogens is 3. The smallest absolute Gasteiger partial charge is 0.156 e. The number of aliphatic imine (C=N–C) groups is 1. The number of allylic oxidation sites excluding steroid dienone is 5. The summed E-state index contributed by atoms with van der Waals surface area (Å²) in [7, 11) is 1.70. The molecule has 2 N–H and O–H groups in total. The van der Waals surface area contributed by atoms with Gasteiger partial charge in [-0.15, -0.1) is 0 Å². The monoisotopic (exact) mass is 460 g/mol. The molecule has 7 heteroatoms. The Kier molecular flexibility index (Phi) is 8.35. The number of rotatable bonds is 8. The molecule has 1 fully saturated rings. The number of amidine groups is 1. The third kappa shape index (κ3) is 5.09. The van der Waals surface area contributed by atoms with E-state index in [1.807, 2.05) is 19.9 Å². The van der Waals surface area contributed by atoms with Gasteiger partial charge >= 0.3 is 0 Å². The van der Waals surface area contributed by atoms with Crippen LogP contribution in [0.2, 0.25) is 0 Å². The molecular weight excluding hydrogens is 427 g/mol. The highest BCUT2D eigenvalue weighted by molar-refractivity contribution is 5.99. The van der Waals surface area contributed by atoms with E-state index in [4.69, 9.17) is 4.98 Å². The van der Waals surface area contributed by atoms with Crippen LogP contribution >= 0.6 is 0 Å². The van der Waals surface area contributed by atoms with Crippen LogP contribution in [0.1, 0.15) is 54.5 Å². The Morgan fingerprint density at radius 3 is 2.62 bits per heavy atom. The number of pyridine rings is 1. The number of H-pyrrole nitrogens is 1. The Labute approximate surface area is 201 Å². The van der Waals surface area contributed by atoms with Crippen molar-refractivity contribution in [3.63, 3.8) is 0 Å². The molecule has 3 heterocycles. The molecule has 0 radical (unpaired) electrons. The molecule has 0 unspecified atom stereocenters. The van der Waals surface area contributed by atoms with Gasteiger partial charge in [0.2, 0.25) is 0 Å². The topological polar surface area (TPSA) is 69.2 Å². The standard InChI is InChI=1S/C27H33FN6/c1-7-10-14-20(8-2)21-17-31-26(29-6)22(23(21)28)18(4)25-32-19(5)24(33-25)27(30-9-3)34-15-12-11-13-16-34/h7-10,14,17H,1,3-4,11-13,15-16H2,2,5-6H3,(H,29,31)(H,32,33)/b14-10-,20-8+,30-27?. The van der Waals surface area contributed by atoms with Gasteiger partial charge in [0.25, 0.3) is 0 Å². The van der Waals surface area contributed by atoms with Crippen molar-refractivity contribution in [2.75, 3.05) is 25.5 Å². The highest BCUT2D eigenvalue weighted by Crippen LogP contribution is 2.33. The van der Waals surface area contributed by atoms with Crippen molar-refractivity contribution in [3.05, 3.63) is 90.6 Å². The third-order valence-corrected chi connectivity index (χ3v) is 5.84. The normalized spacial score (nSPS) is 15.0. The van der Waals surface area contributed by atoms with E-state index in [0.717, 1.165) is 43.2 Å². The van der Waals surface area contributed by atoms with Crippen LogP contribution in [-0.4, -0.2) is 45.8 Å². The minimum Gasteiger partial charge on any atom is -0.373 e. The van der Waals surface area contributed by atoms with Crippen LogP contribution in [-0.2, 0) is 0 Å². The summed E-state index contributed by atoms with van der Waals surface area (Å²) in [6, 6.07) is 0. The molecule has 0 aliphatic carbocycles. The Hall–Kier alpha value is -3.74. The van der Waals surface area contributed by atoms with Gasteiger partial charge in [-0.1, -0.05) is 44.0 Å². The summed E-state index contributed by atoms with van der Waals surface area (Å²) in [5.74, 6) is 1.22. The van der Waals surface area contributed by atoms with Crippen molar-refractivity contribution in [1.82, 2.24) is 19.9 Å². The predicted octanol–water partition coefficient (Wildman–Crippen LogP) is 5.88. The summed E-state index contributed by atoms with van der Waals surface area (Å²) < 4.78 is 15.9. The Balaban J connectivity index is 2.07. The first-order valence-corrected chi connectivity index (χ1v) is 11.5. The fourth-order valence-corrected chi connectivity index (χ4v) is 4.09. The van der Waals surface area contributed by atoms with Gasteiger partial charge in [-0.3, -0.25) is 0 Å². The zero-order chi connectivity index (χ0) is 24.7.